The maximum atomic E-state index is 12.2. The molecule has 2 aromatic heterocycles. The van der Waals surface area contributed by atoms with Gasteiger partial charge in [-0.1, -0.05) is 0 Å². The second-order valence-electron chi connectivity index (χ2n) is 5.48. The van der Waals surface area contributed by atoms with Crippen molar-refractivity contribution in [2.24, 2.45) is 0 Å². The summed E-state index contributed by atoms with van der Waals surface area (Å²) in [4.78, 5) is 19.9. The number of aliphatic hydroxyl groups is 1. The van der Waals surface area contributed by atoms with Crippen LogP contribution in [0.5, 0.6) is 0 Å². The molecule has 0 spiro atoms. The average molecular weight is 313 g/mol. The van der Waals surface area contributed by atoms with Crippen LogP contribution < -0.4 is 5.32 Å². The summed E-state index contributed by atoms with van der Waals surface area (Å²) in [5.41, 5.74) is 4.66. The second kappa shape index (κ2) is 6.21. The number of aliphatic hydroxyl groups excluding tert-OH is 1. The van der Waals surface area contributed by atoms with E-state index >= 15 is 0 Å². The summed E-state index contributed by atoms with van der Waals surface area (Å²) in [5.74, 6) is 0.454. The molecule has 7 nitrogen and oxygen atoms in total. The number of hydrogen-bond donors (Lipinski definition) is 3. The second-order valence-corrected chi connectivity index (χ2v) is 5.48. The zero-order chi connectivity index (χ0) is 16.4. The molecule has 1 aromatic carbocycles. The monoisotopic (exact) mass is 313 g/mol. The first-order valence-corrected chi connectivity index (χ1v) is 7.45. The number of nitrogens with zero attached hydrogens (tertiary/aromatic N) is 3. The van der Waals surface area contributed by atoms with Crippen molar-refractivity contribution in [2.75, 3.05) is 6.61 Å². The molecule has 3 rings (SSSR count). The van der Waals surface area contributed by atoms with Crippen LogP contribution in [0, 0.1) is 13.8 Å². The van der Waals surface area contributed by atoms with E-state index in [0.717, 1.165) is 11.0 Å². The van der Waals surface area contributed by atoms with Gasteiger partial charge in [0.15, 0.2) is 0 Å². The van der Waals surface area contributed by atoms with Crippen LogP contribution in [0.25, 0.3) is 11.0 Å². The Bertz CT molecular complexity index is 810. The molecule has 0 saturated carbocycles. The van der Waals surface area contributed by atoms with E-state index in [1.54, 1.807) is 6.07 Å². The SMILES string of the molecule is Cc1cc2nc(CNC(=O)c3ccnn3CCO)[nH]c2cc1C. The first kappa shape index (κ1) is 15.2. The molecule has 3 N–H and O–H groups in total. The van der Waals surface area contributed by atoms with Crippen LogP contribution in [0.3, 0.4) is 0 Å². The highest BCUT2D eigenvalue weighted by atomic mass is 16.3. The van der Waals surface area contributed by atoms with Gasteiger partial charge in [-0.3, -0.25) is 9.48 Å². The fourth-order valence-electron chi connectivity index (χ4n) is 2.46. The van der Waals surface area contributed by atoms with Crippen molar-refractivity contribution in [3.05, 3.63) is 47.0 Å². The molecule has 7 heteroatoms. The van der Waals surface area contributed by atoms with E-state index in [1.807, 2.05) is 13.0 Å². The standard InChI is InChI=1S/C16H19N5O2/c1-10-7-12-13(8-11(10)2)20-15(19-12)9-17-16(23)14-3-4-18-21(14)5-6-22/h3-4,7-8,22H,5-6,9H2,1-2H3,(H,17,23)(H,19,20). The molecule has 0 saturated heterocycles. The summed E-state index contributed by atoms with van der Waals surface area (Å²) >= 11 is 0. The van der Waals surface area contributed by atoms with Gasteiger partial charge in [-0.05, 0) is 43.2 Å². The predicted octanol–water partition coefficient (Wildman–Crippen LogP) is 1.30. The molecule has 0 unspecified atom stereocenters. The summed E-state index contributed by atoms with van der Waals surface area (Å²) in [7, 11) is 0. The number of carbonyl (C=O) groups is 1. The third-order valence-electron chi connectivity index (χ3n) is 3.82. The molecule has 3 aromatic rings. The van der Waals surface area contributed by atoms with Gasteiger partial charge < -0.3 is 15.4 Å². The molecule has 0 aliphatic carbocycles. The van der Waals surface area contributed by atoms with E-state index in [2.05, 4.69) is 33.4 Å². The van der Waals surface area contributed by atoms with Gasteiger partial charge in [0, 0.05) is 6.20 Å². The highest BCUT2D eigenvalue weighted by Gasteiger charge is 2.12. The lowest BCUT2D eigenvalue weighted by Crippen LogP contribution is -2.26. The Morgan fingerprint density at radius 1 is 1.35 bits per heavy atom. The Balaban J connectivity index is 1.72. The quantitative estimate of drug-likeness (QED) is 0.661. The lowest BCUT2D eigenvalue weighted by molar-refractivity contribution is 0.0937. The van der Waals surface area contributed by atoms with Crippen LogP contribution in [0.4, 0.5) is 0 Å². The third-order valence-corrected chi connectivity index (χ3v) is 3.82. The molecule has 120 valence electrons. The first-order chi connectivity index (χ1) is 11.1. The summed E-state index contributed by atoms with van der Waals surface area (Å²) < 4.78 is 1.47. The minimum Gasteiger partial charge on any atom is -0.394 e. The van der Waals surface area contributed by atoms with Gasteiger partial charge >= 0.3 is 0 Å². The lowest BCUT2D eigenvalue weighted by atomic mass is 10.1. The zero-order valence-electron chi connectivity index (χ0n) is 13.1. The Morgan fingerprint density at radius 3 is 2.91 bits per heavy atom. The molecule has 23 heavy (non-hydrogen) atoms. The first-order valence-electron chi connectivity index (χ1n) is 7.45. The molecule has 0 fully saturated rings. The van der Waals surface area contributed by atoms with Crippen LogP contribution in [0.1, 0.15) is 27.4 Å². The van der Waals surface area contributed by atoms with Crippen molar-refractivity contribution in [1.29, 1.82) is 0 Å². The van der Waals surface area contributed by atoms with E-state index in [4.69, 9.17) is 5.11 Å². The molecule has 0 aliphatic rings. The minimum atomic E-state index is -0.247. The topological polar surface area (TPSA) is 95.8 Å². The lowest BCUT2D eigenvalue weighted by Gasteiger charge is -2.06. The number of rotatable bonds is 5. The molecule has 0 aliphatic heterocycles. The van der Waals surface area contributed by atoms with Crippen molar-refractivity contribution in [3.63, 3.8) is 0 Å². The predicted molar refractivity (Wildman–Crippen MR) is 86.1 cm³/mol. The third kappa shape index (κ3) is 3.09. The Hall–Kier alpha value is -2.67. The van der Waals surface area contributed by atoms with Crippen LogP contribution in [0.2, 0.25) is 0 Å². The van der Waals surface area contributed by atoms with Gasteiger partial charge in [0.2, 0.25) is 0 Å². The normalized spacial score (nSPS) is 11.1. The maximum Gasteiger partial charge on any atom is 0.269 e. The number of imidazole rings is 1. The zero-order valence-corrected chi connectivity index (χ0v) is 13.1. The van der Waals surface area contributed by atoms with E-state index < -0.39 is 0 Å². The van der Waals surface area contributed by atoms with Gasteiger partial charge in [0.1, 0.15) is 11.5 Å². The van der Waals surface area contributed by atoms with Crippen LogP contribution >= 0.6 is 0 Å². The van der Waals surface area contributed by atoms with Gasteiger partial charge in [0.25, 0.3) is 5.91 Å². The van der Waals surface area contributed by atoms with Gasteiger partial charge in [0.05, 0.1) is 30.7 Å². The number of carbonyl (C=O) groups excluding carboxylic acids is 1. The fraction of sp³-hybridized carbons (Fsp3) is 0.312. The van der Waals surface area contributed by atoms with Crippen molar-refractivity contribution in [3.8, 4) is 0 Å². The Labute approximate surface area is 133 Å². The van der Waals surface area contributed by atoms with Crippen molar-refractivity contribution in [1.82, 2.24) is 25.1 Å². The Morgan fingerprint density at radius 2 is 2.13 bits per heavy atom. The molecular formula is C16H19N5O2. The number of aryl methyl sites for hydroxylation is 2. The van der Waals surface area contributed by atoms with Gasteiger partial charge in [-0.2, -0.15) is 5.10 Å². The molecular weight excluding hydrogens is 294 g/mol. The molecule has 2 heterocycles. The van der Waals surface area contributed by atoms with Crippen molar-refractivity contribution in [2.45, 2.75) is 26.9 Å². The van der Waals surface area contributed by atoms with E-state index in [-0.39, 0.29) is 12.5 Å². The smallest absolute Gasteiger partial charge is 0.269 e. The summed E-state index contributed by atoms with van der Waals surface area (Å²) in [6.45, 7) is 4.63. The highest BCUT2D eigenvalue weighted by Crippen LogP contribution is 2.17. The molecule has 0 radical (unpaired) electrons. The minimum absolute atomic E-state index is 0.0652. The summed E-state index contributed by atoms with van der Waals surface area (Å²) in [6, 6.07) is 5.71. The summed E-state index contributed by atoms with van der Waals surface area (Å²) in [6.07, 6.45) is 1.54. The molecule has 1 amide bonds. The van der Waals surface area contributed by atoms with Crippen molar-refractivity contribution < 1.29 is 9.90 Å². The van der Waals surface area contributed by atoms with Gasteiger partial charge in [-0.15, -0.1) is 0 Å². The fourth-order valence-corrected chi connectivity index (χ4v) is 2.46. The number of amides is 1. The Kier molecular flexibility index (Phi) is 4.12. The number of nitrogens with one attached hydrogen (secondary N) is 2. The van der Waals surface area contributed by atoms with Gasteiger partial charge in [-0.25, -0.2) is 4.98 Å². The van der Waals surface area contributed by atoms with E-state index in [9.17, 15) is 4.79 Å². The average Bonchev–Trinajstić information content (AvgIpc) is 3.12. The number of aromatic nitrogens is 4. The number of benzene rings is 1. The largest absolute Gasteiger partial charge is 0.394 e. The van der Waals surface area contributed by atoms with Crippen molar-refractivity contribution >= 4 is 16.9 Å². The van der Waals surface area contributed by atoms with E-state index in [1.165, 1.54) is 22.0 Å². The van der Waals surface area contributed by atoms with E-state index in [0.29, 0.717) is 24.6 Å². The number of hydrogen-bond acceptors (Lipinski definition) is 4. The van der Waals surface area contributed by atoms with Crippen LogP contribution in [-0.4, -0.2) is 37.4 Å². The van der Waals surface area contributed by atoms with Crippen LogP contribution in [0.15, 0.2) is 24.4 Å². The molecule has 0 atom stereocenters. The molecule has 0 bridgehead atoms. The number of aromatic amines is 1. The highest BCUT2D eigenvalue weighted by molar-refractivity contribution is 5.92. The van der Waals surface area contributed by atoms with Crippen LogP contribution in [-0.2, 0) is 13.1 Å². The number of fused-ring (bicyclic) bond motifs is 1. The summed E-state index contributed by atoms with van der Waals surface area (Å²) in [5, 5.41) is 15.8. The number of H-pyrrole nitrogens is 1. The maximum absolute atomic E-state index is 12.2.